The molecule has 0 unspecified atom stereocenters. The normalized spacial score (nSPS) is 16.8. The monoisotopic (exact) mass is 324 g/mol. The smallest absolute Gasteiger partial charge is 0.226 e. The second-order valence-electron chi connectivity index (χ2n) is 5.61. The molecule has 0 spiro atoms. The van der Waals surface area contributed by atoms with Gasteiger partial charge in [0.15, 0.2) is 0 Å². The van der Waals surface area contributed by atoms with Crippen LogP contribution in [0.25, 0.3) is 0 Å². The van der Waals surface area contributed by atoms with E-state index in [4.69, 9.17) is 5.73 Å². The van der Waals surface area contributed by atoms with Crippen molar-refractivity contribution in [1.29, 1.82) is 0 Å². The zero-order valence-corrected chi connectivity index (χ0v) is 12.9. The van der Waals surface area contributed by atoms with E-state index in [2.05, 4.69) is 15.9 Å². The highest BCUT2D eigenvalue weighted by molar-refractivity contribution is 9.10. The summed E-state index contributed by atoms with van der Waals surface area (Å²) in [6.07, 6.45) is 4.01. The van der Waals surface area contributed by atoms with Gasteiger partial charge < -0.3 is 10.6 Å². The van der Waals surface area contributed by atoms with Crippen molar-refractivity contribution >= 4 is 21.8 Å². The maximum Gasteiger partial charge on any atom is 0.226 e. The number of nitrogens with two attached hydrogens (primary N) is 1. The minimum atomic E-state index is 0.169. The summed E-state index contributed by atoms with van der Waals surface area (Å²) in [5.41, 5.74) is 7.08. The van der Waals surface area contributed by atoms with Gasteiger partial charge in [-0.25, -0.2) is 0 Å². The molecule has 1 aliphatic carbocycles. The van der Waals surface area contributed by atoms with Gasteiger partial charge in [0.2, 0.25) is 5.91 Å². The lowest BCUT2D eigenvalue weighted by Crippen LogP contribution is -2.47. The van der Waals surface area contributed by atoms with Gasteiger partial charge in [-0.1, -0.05) is 34.5 Å². The zero-order valence-electron chi connectivity index (χ0n) is 11.4. The Morgan fingerprint density at radius 3 is 2.47 bits per heavy atom. The van der Waals surface area contributed by atoms with Crippen LogP contribution in [0.3, 0.4) is 0 Å². The second-order valence-corrected chi connectivity index (χ2v) is 6.53. The Bertz CT molecular complexity index is 434. The van der Waals surface area contributed by atoms with Gasteiger partial charge in [0, 0.05) is 23.5 Å². The number of halogens is 1. The third-order valence-electron chi connectivity index (χ3n) is 4.11. The predicted octanol–water partition coefficient (Wildman–Crippen LogP) is 2.58. The van der Waals surface area contributed by atoms with E-state index in [1.807, 2.05) is 36.2 Å². The van der Waals surface area contributed by atoms with Crippen molar-refractivity contribution in [3.63, 3.8) is 0 Å². The quantitative estimate of drug-likeness (QED) is 0.904. The lowest BCUT2D eigenvalue weighted by atomic mass is 9.68. The van der Waals surface area contributed by atoms with Crippen molar-refractivity contribution in [1.82, 2.24) is 4.90 Å². The van der Waals surface area contributed by atoms with Gasteiger partial charge in [0.05, 0.1) is 6.42 Å². The fourth-order valence-corrected chi connectivity index (χ4v) is 2.87. The molecular weight excluding hydrogens is 304 g/mol. The van der Waals surface area contributed by atoms with Crippen LogP contribution in [0.5, 0.6) is 0 Å². The largest absolute Gasteiger partial charge is 0.345 e. The molecule has 0 radical (unpaired) electrons. The molecule has 1 saturated carbocycles. The van der Waals surface area contributed by atoms with Crippen molar-refractivity contribution in [3.8, 4) is 0 Å². The van der Waals surface area contributed by atoms with Crippen LogP contribution >= 0.6 is 15.9 Å². The molecule has 104 valence electrons. The van der Waals surface area contributed by atoms with Gasteiger partial charge in [-0.2, -0.15) is 0 Å². The van der Waals surface area contributed by atoms with Gasteiger partial charge in [0.25, 0.3) is 0 Å². The lowest BCUT2D eigenvalue weighted by molar-refractivity contribution is -0.131. The number of amides is 1. The molecule has 1 aromatic rings. The number of carbonyl (C=O) groups excluding carboxylic acids is 1. The number of likely N-dealkylation sites (N-methyl/N-ethyl adjacent to an activating group) is 1. The molecule has 0 aliphatic heterocycles. The highest BCUT2D eigenvalue weighted by Crippen LogP contribution is 2.40. The molecule has 2 rings (SSSR count). The van der Waals surface area contributed by atoms with Gasteiger partial charge in [-0.15, -0.1) is 0 Å². The van der Waals surface area contributed by atoms with Crippen molar-refractivity contribution < 1.29 is 4.79 Å². The van der Waals surface area contributed by atoms with E-state index in [1.54, 1.807) is 0 Å². The molecule has 2 N–H and O–H groups in total. The minimum Gasteiger partial charge on any atom is -0.345 e. The van der Waals surface area contributed by atoms with E-state index >= 15 is 0 Å². The first-order chi connectivity index (χ1) is 9.04. The minimum absolute atomic E-state index is 0.169. The first-order valence-corrected chi connectivity index (χ1v) is 7.52. The molecule has 1 amide bonds. The molecule has 1 fully saturated rings. The maximum absolute atomic E-state index is 12.2. The van der Waals surface area contributed by atoms with Crippen LogP contribution in [0.15, 0.2) is 28.7 Å². The third-order valence-corrected chi connectivity index (χ3v) is 4.64. The predicted molar refractivity (Wildman–Crippen MR) is 80.8 cm³/mol. The van der Waals surface area contributed by atoms with Gasteiger partial charge in [-0.05, 0) is 37.1 Å². The van der Waals surface area contributed by atoms with Crippen molar-refractivity contribution in [2.24, 2.45) is 11.1 Å². The topological polar surface area (TPSA) is 46.3 Å². The molecule has 3 nitrogen and oxygen atoms in total. The number of hydrogen-bond donors (Lipinski definition) is 1. The highest BCUT2D eigenvalue weighted by Gasteiger charge is 2.37. The van der Waals surface area contributed by atoms with E-state index in [9.17, 15) is 4.79 Å². The van der Waals surface area contributed by atoms with E-state index in [0.29, 0.717) is 13.0 Å². The summed E-state index contributed by atoms with van der Waals surface area (Å²) in [6.45, 7) is 1.47. The Morgan fingerprint density at radius 2 is 2.00 bits per heavy atom. The van der Waals surface area contributed by atoms with Crippen LogP contribution in [0.1, 0.15) is 24.8 Å². The Hall–Kier alpha value is -0.870. The molecule has 0 atom stereocenters. The SMILES string of the molecule is CN(CC1(CN)CCC1)C(=O)Cc1ccc(Br)cc1. The molecule has 0 saturated heterocycles. The van der Waals surface area contributed by atoms with Crippen LogP contribution < -0.4 is 5.73 Å². The Balaban J connectivity index is 1.90. The maximum atomic E-state index is 12.2. The Labute approximate surface area is 123 Å². The molecule has 19 heavy (non-hydrogen) atoms. The van der Waals surface area contributed by atoms with Gasteiger partial charge >= 0.3 is 0 Å². The molecular formula is C15H21BrN2O. The molecule has 1 aromatic carbocycles. The Morgan fingerprint density at radius 1 is 1.37 bits per heavy atom. The molecule has 0 aromatic heterocycles. The average Bonchev–Trinajstić information content (AvgIpc) is 2.36. The summed E-state index contributed by atoms with van der Waals surface area (Å²) in [5, 5.41) is 0. The fourth-order valence-electron chi connectivity index (χ4n) is 2.61. The first-order valence-electron chi connectivity index (χ1n) is 6.73. The number of carbonyl (C=O) groups is 1. The second kappa shape index (κ2) is 6.06. The van der Waals surface area contributed by atoms with E-state index in [1.165, 1.54) is 6.42 Å². The van der Waals surface area contributed by atoms with Crippen LogP contribution in [0.2, 0.25) is 0 Å². The molecule has 4 heteroatoms. The van der Waals surface area contributed by atoms with Gasteiger partial charge in [-0.3, -0.25) is 4.79 Å². The van der Waals surface area contributed by atoms with E-state index in [0.717, 1.165) is 29.4 Å². The van der Waals surface area contributed by atoms with Crippen molar-refractivity contribution in [2.45, 2.75) is 25.7 Å². The zero-order chi connectivity index (χ0) is 13.9. The standard InChI is InChI=1S/C15H21BrN2O/c1-18(11-15(10-17)7-2-8-15)14(19)9-12-3-5-13(16)6-4-12/h3-6H,2,7-11,17H2,1H3. The first kappa shape index (κ1) is 14.5. The average molecular weight is 325 g/mol. The van der Waals surface area contributed by atoms with Crippen molar-refractivity contribution in [3.05, 3.63) is 34.3 Å². The van der Waals surface area contributed by atoms with Crippen LogP contribution in [0, 0.1) is 5.41 Å². The molecule has 0 heterocycles. The number of nitrogens with zero attached hydrogens (tertiary/aromatic N) is 1. The summed E-state index contributed by atoms with van der Waals surface area (Å²) in [6, 6.07) is 7.90. The summed E-state index contributed by atoms with van der Waals surface area (Å²) in [4.78, 5) is 14.0. The fraction of sp³-hybridized carbons (Fsp3) is 0.533. The lowest BCUT2D eigenvalue weighted by Gasteiger charge is -2.43. The molecule has 0 bridgehead atoms. The van der Waals surface area contributed by atoms with Crippen molar-refractivity contribution in [2.75, 3.05) is 20.1 Å². The summed E-state index contributed by atoms with van der Waals surface area (Å²) in [5.74, 6) is 0.169. The number of benzene rings is 1. The Kier molecular flexibility index (Phi) is 4.63. The third kappa shape index (κ3) is 3.57. The van der Waals surface area contributed by atoms with Crippen LogP contribution in [0.4, 0.5) is 0 Å². The summed E-state index contributed by atoms with van der Waals surface area (Å²) >= 11 is 3.40. The van der Waals surface area contributed by atoms with E-state index in [-0.39, 0.29) is 11.3 Å². The van der Waals surface area contributed by atoms with Crippen LogP contribution in [-0.2, 0) is 11.2 Å². The number of rotatable bonds is 5. The summed E-state index contributed by atoms with van der Waals surface area (Å²) < 4.78 is 1.04. The summed E-state index contributed by atoms with van der Waals surface area (Å²) in [7, 11) is 1.89. The van der Waals surface area contributed by atoms with E-state index < -0.39 is 0 Å². The van der Waals surface area contributed by atoms with Gasteiger partial charge in [0.1, 0.15) is 0 Å². The highest BCUT2D eigenvalue weighted by atomic mass is 79.9. The molecule has 1 aliphatic rings. The number of hydrogen-bond acceptors (Lipinski definition) is 2. The van der Waals surface area contributed by atoms with Crippen LogP contribution in [-0.4, -0.2) is 30.9 Å².